The maximum atomic E-state index is 11.8. The number of ether oxygens (including phenoxy) is 3. The van der Waals surface area contributed by atoms with E-state index in [0.717, 1.165) is 0 Å². The summed E-state index contributed by atoms with van der Waals surface area (Å²) in [5.41, 5.74) is 1.30. The average molecular weight is 380 g/mol. The van der Waals surface area contributed by atoms with Crippen molar-refractivity contribution in [3.8, 4) is 0 Å². The third-order valence-corrected chi connectivity index (χ3v) is 4.92. The fourth-order valence-corrected chi connectivity index (χ4v) is 3.42. The fraction of sp³-hybridized carbons (Fsp3) is 0.632. The molecule has 0 amide bonds. The molecule has 1 heterocycles. The van der Waals surface area contributed by atoms with E-state index in [1.165, 1.54) is 14.2 Å². The van der Waals surface area contributed by atoms with Crippen LogP contribution in [0.5, 0.6) is 0 Å². The molecule has 1 fully saturated rings. The van der Waals surface area contributed by atoms with Crippen LogP contribution in [0, 0.1) is 16.0 Å². The van der Waals surface area contributed by atoms with Gasteiger partial charge in [0.2, 0.25) is 0 Å². The highest BCUT2D eigenvalue weighted by atomic mass is 16.6. The summed E-state index contributed by atoms with van der Waals surface area (Å²) in [7, 11) is 2.86. The predicted octanol–water partition coefficient (Wildman–Crippen LogP) is 2.75. The standard InChI is InChI=1S/C19H28N2O6/c1-13(2)18-12-27-8-7-20(18)16-6-5-14(9-17(16)21(23)24)15(11-25-3)10-19(22)26-4/h5-6,9,13,15,18H,7-8,10-12H2,1-4H3. The molecule has 0 spiro atoms. The summed E-state index contributed by atoms with van der Waals surface area (Å²) in [6.07, 6.45) is 0.104. The maximum absolute atomic E-state index is 11.8. The van der Waals surface area contributed by atoms with E-state index in [-0.39, 0.29) is 41.6 Å². The lowest BCUT2D eigenvalue weighted by molar-refractivity contribution is -0.384. The molecule has 0 bridgehead atoms. The van der Waals surface area contributed by atoms with Crippen molar-refractivity contribution in [1.82, 2.24) is 0 Å². The van der Waals surface area contributed by atoms with E-state index in [9.17, 15) is 14.9 Å². The number of esters is 1. The highest BCUT2D eigenvalue weighted by molar-refractivity contribution is 5.71. The first-order valence-electron chi connectivity index (χ1n) is 9.07. The Hall–Kier alpha value is -2.19. The molecule has 0 saturated carbocycles. The average Bonchev–Trinajstić information content (AvgIpc) is 2.66. The van der Waals surface area contributed by atoms with Crippen molar-refractivity contribution in [2.45, 2.75) is 32.2 Å². The van der Waals surface area contributed by atoms with Crippen molar-refractivity contribution < 1.29 is 23.9 Å². The van der Waals surface area contributed by atoms with Crippen LogP contribution in [0.4, 0.5) is 11.4 Å². The maximum Gasteiger partial charge on any atom is 0.306 e. The van der Waals surface area contributed by atoms with Gasteiger partial charge in [-0.05, 0) is 17.5 Å². The SMILES string of the molecule is COCC(CC(=O)OC)c1ccc(N2CCOCC2C(C)C)c([N+](=O)[O-])c1. The molecule has 0 N–H and O–H groups in total. The molecule has 1 aliphatic rings. The van der Waals surface area contributed by atoms with Gasteiger partial charge < -0.3 is 19.1 Å². The largest absolute Gasteiger partial charge is 0.469 e. The Bertz CT molecular complexity index is 664. The van der Waals surface area contributed by atoms with Crippen molar-refractivity contribution >= 4 is 17.3 Å². The number of hydrogen-bond acceptors (Lipinski definition) is 7. The number of morpholine rings is 1. The van der Waals surface area contributed by atoms with Gasteiger partial charge in [-0.25, -0.2) is 0 Å². The minimum Gasteiger partial charge on any atom is -0.469 e. The van der Waals surface area contributed by atoms with Crippen molar-refractivity contribution in [2.24, 2.45) is 5.92 Å². The molecule has 0 aliphatic carbocycles. The van der Waals surface area contributed by atoms with Crippen LogP contribution >= 0.6 is 0 Å². The normalized spacial score (nSPS) is 18.4. The minimum absolute atomic E-state index is 0.0334. The van der Waals surface area contributed by atoms with Crippen LogP contribution in [0.25, 0.3) is 0 Å². The van der Waals surface area contributed by atoms with E-state index in [1.54, 1.807) is 12.1 Å². The number of methoxy groups -OCH3 is 2. The van der Waals surface area contributed by atoms with E-state index < -0.39 is 0 Å². The van der Waals surface area contributed by atoms with Gasteiger partial charge in [-0.15, -0.1) is 0 Å². The van der Waals surface area contributed by atoms with Crippen molar-refractivity contribution in [1.29, 1.82) is 0 Å². The number of nitrogens with zero attached hydrogens (tertiary/aromatic N) is 2. The van der Waals surface area contributed by atoms with Gasteiger partial charge in [0.25, 0.3) is 5.69 Å². The number of carbonyl (C=O) groups excluding carboxylic acids is 1. The molecule has 150 valence electrons. The quantitative estimate of drug-likeness (QED) is 0.389. The number of carbonyl (C=O) groups is 1. The number of hydrogen-bond donors (Lipinski definition) is 0. The monoisotopic (exact) mass is 380 g/mol. The van der Waals surface area contributed by atoms with Crippen molar-refractivity contribution in [2.75, 3.05) is 45.5 Å². The van der Waals surface area contributed by atoms with Gasteiger partial charge in [0.15, 0.2) is 0 Å². The smallest absolute Gasteiger partial charge is 0.306 e. The molecule has 1 saturated heterocycles. The zero-order valence-corrected chi connectivity index (χ0v) is 16.3. The molecule has 2 rings (SSSR count). The van der Waals surface area contributed by atoms with Crippen molar-refractivity contribution in [3.63, 3.8) is 0 Å². The molecule has 2 unspecified atom stereocenters. The van der Waals surface area contributed by atoms with Crippen LogP contribution in [0.3, 0.4) is 0 Å². The molecule has 1 aromatic rings. The molecule has 8 heteroatoms. The second-order valence-electron chi connectivity index (χ2n) is 7.02. The van der Waals surface area contributed by atoms with E-state index in [1.807, 2.05) is 6.07 Å². The Balaban J connectivity index is 2.40. The summed E-state index contributed by atoms with van der Waals surface area (Å²) in [6.45, 7) is 6.13. The van der Waals surface area contributed by atoms with Crippen LogP contribution in [0.15, 0.2) is 18.2 Å². The molecule has 8 nitrogen and oxygen atoms in total. The molecule has 27 heavy (non-hydrogen) atoms. The number of anilines is 1. The van der Waals surface area contributed by atoms with Gasteiger partial charge in [0.05, 0.1) is 44.3 Å². The zero-order chi connectivity index (χ0) is 20.0. The van der Waals surface area contributed by atoms with E-state index in [2.05, 4.69) is 18.7 Å². The third-order valence-electron chi connectivity index (χ3n) is 4.92. The van der Waals surface area contributed by atoms with Gasteiger partial charge in [-0.2, -0.15) is 0 Å². The van der Waals surface area contributed by atoms with Gasteiger partial charge in [0.1, 0.15) is 5.69 Å². The lowest BCUT2D eigenvalue weighted by Gasteiger charge is -2.39. The summed E-state index contributed by atoms with van der Waals surface area (Å²) < 4.78 is 15.5. The Morgan fingerprint density at radius 2 is 2.15 bits per heavy atom. The minimum atomic E-state index is -0.378. The molecule has 0 aromatic heterocycles. The molecule has 2 atom stereocenters. The first-order chi connectivity index (χ1) is 12.9. The highest BCUT2D eigenvalue weighted by Crippen LogP contribution is 2.35. The van der Waals surface area contributed by atoms with Gasteiger partial charge in [-0.1, -0.05) is 19.9 Å². The number of nitro groups is 1. The zero-order valence-electron chi connectivity index (χ0n) is 16.3. The Kier molecular flexibility index (Phi) is 7.55. The van der Waals surface area contributed by atoms with Gasteiger partial charge >= 0.3 is 5.97 Å². The van der Waals surface area contributed by atoms with Gasteiger partial charge in [-0.3, -0.25) is 14.9 Å². The van der Waals surface area contributed by atoms with Crippen LogP contribution < -0.4 is 4.90 Å². The third kappa shape index (κ3) is 5.17. The predicted molar refractivity (Wildman–Crippen MR) is 101 cm³/mol. The van der Waals surface area contributed by atoms with E-state index in [4.69, 9.17) is 14.2 Å². The first-order valence-corrected chi connectivity index (χ1v) is 9.07. The number of nitro benzene ring substituents is 1. The second-order valence-corrected chi connectivity index (χ2v) is 7.02. The Morgan fingerprint density at radius 1 is 1.41 bits per heavy atom. The highest BCUT2D eigenvalue weighted by Gasteiger charge is 2.31. The van der Waals surface area contributed by atoms with E-state index >= 15 is 0 Å². The summed E-state index contributed by atoms with van der Waals surface area (Å²) in [5, 5.41) is 11.8. The summed E-state index contributed by atoms with van der Waals surface area (Å²) >= 11 is 0. The lowest BCUT2D eigenvalue weighted by Crippen LogP contribution is -2.48. The summed E-state index contributed by atoms with van der Waals surface area (Å²) in [4.78, 5) is 25.2. The summed E-state index contributed by atoms with van der Waals surface area (Å²) in [6, 6.07) is 5.23. The van der Waals surface area contributed by atoms with Crippen molar-refractivity contribution in [3.05, 3.63) is 33.9 Å². The van der Waals surface area contributed by atoms with Crippen LogP contribution in [-0.2, 0) is 19.0 Å². The fourth-order valence-electron chi connectivity index (χ4n) is 3.42. The molecular weight excluding hydrogens is 352 g/mol. The van der Waals surface area contributed by atoms with Crippen LogP contribution in [0.2, 0.25) is 0 Å². The summed E-state index contributed by atoms with van der Waals surface area (Å²) in [5.74, 6) is -0.386. The Labute approximate surface area is 159 Å². The number of benzene rings is 1. The topological polar surface area (TPSA) is 91.1 Å². The van der Waals surface area contributed by atoms with Crippen LogP contribution in [0.1, 0.15) is 31.7 Å². The molecule has 1 aliphatic heterocycles. The Morgan fingerprint density at radius 3 is 2.74 bits per heavy atom. The lowest BCUT2D eigenvalue weighted by atomic mass is 9.94. The molecular formula is C19H28N2O6. The molecule has 1 aromatic carbocycles. The van der Waals surface area contributed by atoms with E-state index in [0.29, 0.717) is 36.9 Å². The second kappa shape index (κ2) is 9.66. The number of rotatable bonds is 8. The van der Waals surface area contributed by atoms with Gasteiger partial charge in [0, 0.05) is 25.6 Å². The first kappa shape index (κ1) is 21.1. The van der Waals surface area contributed by atoms with Crippen LogP contribution in [-0.4, -0.2) is 57.5 Å². The molecule has 0 radical (unpaired) electrons.